The number of carboxylic acids is 1. The molecule has 3 aliphatic rings. The van der Waals surface area contributed by atoms with Crippen LogP contribution in [0.4, 0.5) is 17.6 Å². The SMILES string of the molecule is COCC(C)n1cc(-c2ncc(C(=O)NC3(C(=O)O)CC4CC(C)CC3C4)c(C(C)(F)F)n2)c2ccc(OC3CCN(CC(C)(F)F)CC3)cc21. The van der Waals surface area contributed by atoms with Crippen molar-refractivity contribution in [3.8, 4) is 17.1 Å². The Hall–Kier alpha value is -3.78. The summed E-state index contributed by atoms with van der Waals surface area (Å²) in [4.78, 5) is 36.7. The van der Waals surface area contributed by atoms with E-state index in [-0.39, 0.29) is 42.8 Å². The van der Waals surface area contributed by atoms with Gasteiger partial charge in [-0.15, -0.1) is 0 Å². The summed E-state index contributed by atoms with van der Waals surface area (Å²) < 4.78 is 71.2. The molecule has 1 amide bonds. The van der Waals surface area contributed by atoms with Crippen molar-refractivity contribution < 1.29 is 41.7 Å². The van der Waals surface area contributed by atoms with Crippen molar-refractivity contribution in [2.45, 2.75) is 95.7 Å². The lowest BCUT2D eigenvalue weighted by molar-refractivity contribution is -0.146. The molecule has 2 saturated carbocycles. The molecule has 5 atom stereocenters. The maximum Gasteiger partial charge on any atom is 0.329 e. The predicted molar refractivity (Wildman–Crippen MR) is 182 cm³/mol. The zero-order valence-corrected chi connectivity index (χ0v) is 29.7. The van der Waals surface area contributed by atoms with Crippen molar-refractivity contribution in [1.29, 1.82) is 0 Å². The quantitative estimate of drug-likeness (QED) is 0.194. The third-order valence-electron chi connectivity index (χ3n) is 10.8. The molecule has 0 radical (unpaired) electrons. The fourth-order valence-corrected chi connectivity index (χ4v) is 8.63. The molecular weight excluding hydrogens is 670 g/mol. The number of carbonyl (C=O) groups is 2. The van der Waals surface area contributed by atoms with Crippen LogP contribution < -0.4 is 10.1 Å². The number of nitrogens with one attached hydrogen (secondary N) is 1. The van der Waals surface area contributed by atoms with Crippen molar-refractivity contribution in [2.75, 3.05) is 33.4 Å². The van der Waals surface area contributed by atoms with E-state index in [2.05, 4.69) is 22.2 Å². The number of fused-ring (bicyclic) bond motifs is 3. The third-order valence-corrected chi connectivity index (χ3v) is 10.8. The fraction of sp³-hybridized carbons (Fsp3) is 0.622. The molecule has 3 heterocycles. The number of piperidine rings is 1. The van der Waals surface area contributed by atoms with E-state index >= 15 is 8.78 Å². The Kier molecular flexibility index (Phi) is 10.1. The zero-order valence-electron chi connectivity index (χ0n) is 29.7. The van der Waals surface area contributed by atoms with Crippen molar-refractivity contribution in [3.63, 3.8) is 0 Å². The van der Waals surface area contributed by atoms with Crippen LogP contribution in [0.2, 0.25) is 0 Å². The number of rotatable bonds is 12. The normalized spacial score (nSPS) is 25.2. The zero-order chi connectivity index (χ0) is 36.9. The molecule has 3 aromatic rings. The number of hydrogen-bond acceptors (Lipinski definition) is 7. The molecule has 2 aromatic heterocycles. The summed E-state index contributed by atoms with van der Waals surface area (Å²) in [7, 11) is 1.58. The highest BCUT2D eigenvalue weighted by molar-refractivity contribution is 6.00. The molecule has 1 saturated heterocycles. The van der Waals surface area contributed by atoms with Crippen LogP contribution in [-0.2, 0) is 15.5 Å². The standard InChI is InChI=1S/C37H47F4N5O5/c1-21-12-23-14-24(13-21)37(16-23,34(48)49)44-33(47)28-17-42-32(43-31(28)36(4,40)41)29-18-46(22(2)19-50-5)30-15-26(6-7-27(29)30)51-25-8-10-45(11-9-25)20-35(3,38)39/h6-7,15,17-18,21-25H,8-14,16,19-20H2,1-5H3,(H,44,47)(H,48,49). The van der Waals surface area contributed by atoms with Gasteiger partial charge >= 0.3 is 5.97 Å². The monoisotopic (exact) mass is 717 g/mol. The van der Waals surface area contributed by atoms with Crippen LogP contribution in [0.5, 0.6) is 5.75 Å². The highest BCUT2D eigenvalue weighted by atomic mass is 19.3. The van der Waals surface area contributed by atoms with E-state index < -0.39 is 40.5 Å². The Balaban J connectivity index is 1.31. The molecule has 2 bridgehead atoms. The van der Waals surface area contributed by atoms with Crippen LogP contribution in [0.15, 0.2) is 30.6 Å². The van der Waals surface area contributed by atoms with Crippen molar-refractivity contribution >= 4 is 22.8 Å². The first-order valence-electron chi connectivity index (χ1n) is 17.7. The van der Waals surface area contributed by atoms with Crippen LogP contribution in [0.25, 0.3) is 22.3 Å². The van der Waals surface area contributed by atoms with E-state index in [1.165, 1.54) is 0 Å². The molecule has 278 valence electrons. The molecule has 2 aliphatic carbocycles. The Bertz CT molecular complexity index is 1770. The van der Waals surface area contributed by atoms with Gasteiger partial charge in [0.1, 0.15) is 23.1 Å². The number of carboxylic acid groups (broad SMARTS) is 1. The third kappa shape index (κ3) is 7.72. The predicted octanol–water partition coefficient (Wildman–Crippen LogP) is 6.93. The van der Waals surface area contributed by atoms with E-state index in [0.29, 0.717) is 74.9 Å². The second-order valence-electron chi connectivity index (χ2n) is 15.3. The first-order chi connectivity index (χ1) is 24.0. The number of nitrogens with zero attached hydrogens (tertiary/aromatic N) is 4. The molecule has 1 aromatic carbocycles. The van der Waals surface area contributed by atoms with E-state index in [9.17, 15) is 23.5 Å². The van der Waals surface area contributed by atoms with E-state index in [0.717, 1.165) is 25.1 Å². The van der Waals surface area contributed by atoms with Crippen molar-refractivity contribution in [2.24, 2.45) is 17.8 Å². The summed E-state index contributed by atoms with van der Waals surface area (Å²) in [6.07, 6.45) is 6.26. The first-order valence-corrected chi connectivity index (χ1v) is 17.7. The molecule has 3 fully saturated rings. The fourth-order valence-electron chi connectivity index (χ4n) is 8.63. The molecular formula is C37H47F4N5O5. The minimum Gasteiger partial charge on any atom is -0.490 e. The maximum atomic E-state index is 15.3. The lowest BCUT2D eigenvalue weighted by atomic mass is 9.78. The molecule has 2 N–H and O–H groups in total. The average Bonchev–Trinajstić information content (AvgIpc) is 3.55. The van der Waals surface area contributed by atoms with Crippen LogP contribution >= 0.6 is 0 Å². The van der Waals surface area contributed by atoms with Gasteiger partial charge in [0.15, 0.2) is 5.82 Å². The molecule has 51 heavy (non-hydrogen) atoms. The number of likely N-dealkylation sites (tertiary alicyclic amines) is 1. The molecule has 5 unspecified atom stereocenters. The summed E-state index contributed by atoms with van der Waals surface area (Å²) in [6.45, 7) is 6.62. The van der Waals surface area contributed by atoms with Gasteiger partial charge in [-0.1, -0.05) is 6.92 Å². The number of ether oxygens (including phenoxy) is 2. The molecule has 10 nitrogen and oxygen atoms in total. The Labute approximate surface area is 294 Å². The van der Waals surface area contributed by atoms with Gasteiger partial charge < -0.3 is 24.5 Å². The Morgan fingerprint density at radius 3 is 2.51 bits per heavy atom. The molecule has 1 aliphatic heterocycles. The van der Waals surface area contributed by atoms with E-state index in [1.54, 1.807) is 30.3 Å². The van der Waals surface area contributed by atoms with Crippen LogP contribution in [0.3, 0.4) is 0 Å². The highest BCUT2D eigenvalue weighted by Crippen LogP contribution is 2.50. The van der Waals surface area contributed by atoms with Crippen molar-refractivity contribution in [1.82, 2.24) is 24.8 Å². The number of hydrogen-bond donors (Lipinski definition) is 2. The van der Waals surface area contributed by atoms with Gasteiger partial charge in [0, 0.05) is 63.5 Å². The Morgan fingerprint density at radius 2 is 1.86 bits per heavy atom. The van der Waals surface area contributed by atoms with E-state index in [4.69, 9.17) is 9.47 Å². The lowest BCUT2D eigenvalue weighted by Gasteiger charge is -2.33. The van der Waals surface area contributed by atoms with Gasteiger partial charge in [0.05, 0.1) is 30.3 Å². The molecule has 14 heteroatoms. The van der Waals surface area contributed by atoms with Gasteiger partial charge in [0.25, 0.3) is 17.8 Å². The highest BCUT2D eigenvalue weighted by Gasteiger charge is 2.56. The largest absolute Gasteiger partial charge is 0.490 e. The van der Waals surface area contributed by atoms with Crippen LogP contribution in [-0.4, -0.2) is 87.3 Å². The van der Waals surface area contributed by atoms with Gasteiger partial charge in [0.2, 0.25) is 0 Å². The minimum atomic E-state index is -3.55. The lowest BCUT2D eigenvalue weighted by Crippen LogP contribution is -2.57. The van der Waals surface area contributed by atoms with Crippen molar-refractivity contribution in [3.05, 3.63) is 41.9 Å². The number of amides is 1. The van der Waals surface area contributed by atoms with Crippen LogP contribution in [0.1, 0.15) is 88.3 Å². The number of benzene rings is 1. The second-order valence-corrected chi connectivity index (χ2v) is 15.3. The summed E-state index contributed by atoms with van der Waals surface area (Å²) >= 11 is 0. The smallest absolute Gasteiger partial charge is 0.329 e. The van der Waals surface area contributed by atoms with Gasteiger partial charge in [-0.2, -0.15) is 8.78 Å². The van der Waals surface area contributed by atoms with Gasteiger partial charge in [-0.3, -0.25) is 9.69 Å². The minimum absolute atomic E-state index is 0.0243. The average molecular weight is 718 g/mol. The number of methoxy groups -OCH3 is 1. The summed E-state index contributed by atoms with van der Waals surface area (Å²) in [6, 6.07) is 5.23. The van der Waals surface area contributed by atoms with Gasteiger partial charge in [-0.05, 0) is 75.3 Å². The summed E-state index contributed by atoms with van der Waals surface area (Å²) in [5.41, 5.74) is -1.64. The van der Waals surface area contributed by atoms with Crippen LogP contribution in [0, 0.1) is 17.8 Å². The Morgan fingerprint density at radius 1 is 1.14 bits per heavy atom. The van der Waals surface area contributed by atoms with Gasteiger partial charge in [-0.25, -0.2) is 23.5 Å². The summed E-state index contributed by atoms with van der Waals surface area (Å²) in [5.74, 6) is -7.71. The first kappa shape index (κ1) is 37.0. The van der Waals surface area contributed by atoms with E-state index in [1.807, 2.05) is 17.6 Å². The second kappa shape index (κ2) is 14.0. The molecule has 6 rings (SSSR count). The topological polar surface area (TPSA) is 119 Å². The number of aromatic nitrogens is 3. The number of alkyl halides is 4. The summed E-state index contributed by atoms with van der Waals surface area (Å²) in [5, 5.41) is 13.6. The number of aliphatic carboxylic acids is 1. The molecule has 0 spiro atoms. The maximum absolute atomic E-state index is 15.3. The number of halogens is 4. The number of carbonyl (C=O) groups excluding carboxylic acids is 1.